The van der Waals surface area contributed by atoms with Crippen LogP contribution in [0.1, 0.15) is 18.4 Å². The van der Waals surface area contributed by atoms with Crippen LogP contribution in [0.15, 0.2) is 12.3 Å². The van der Waals surface area contributed by atoms with Gasteiger partial charge in [-0.3, -0.25) is 4.79 Å². The van der Waals surface area contributed by atoms with Gasteiger partial charge in [0.25, 0.3) is 0 Å². The van der Waals surface area contributed by atoms with Crippen LogP contribution < -0.4 is 5.32 Å². The van der Waals surface area contributed by atoms with E-state index in [0.717, 1.165) is 0 Å². The minimum Gasteiger partial charge on any atom is -0.481 e. The fraction of sp³-hybridized carbons (Fsp3) is 0.500. The molecule has 1 aromatic rings. The summed E-state index contributed by atoms with van der Waals surface area (Å²) in [5.41, 5.74) is 0.709. The number of hydrogen-bond acceptors (Lipinski definition) is 4. The molecule has 104 valence electrons. The lowest BCUT2D eigenvalue weighted by atomic mass is 10.2. The molecule has 1 rings (SSSR count). The van der Waals surface area contributed by atoms with Crippen LogP contribution in [0.4, 0.5) is 4.79 Å². The standard InChI is InChI=1S/C12H18N4O3/c1-8(11(17)18)7-16(3)12(19)14-6-10-4-5-13-9(2)15-10/h4-5,8H,6-7H2,1-3H3,(H,14,19)(H,17,18). The van der Waals surface area contributed by atoms with Crippen molar-refractivity contribution in [3.8, 4) is 0 Å². The van der Waals surface area contributed by atoms with E-state index >= 15 is 0 Å². The molecular weight excluding hydrogens is 248 g/mol. The average Bonchev–Trinajstić information content (AvgIpc) is 2.35. The molecule has 19 heavy (non-hydrogen) atoms. The molecule has 1 unspecified atom stereocenters. The highest BCUT2D eigenvalue weighted by molar-refractivity contribution is 5.75. The molecule has 7 nitrogen and oxygen atoms in total. The summed E-state index contributed by atoms with van der Waals surface area (Å²) >= 11 is 0. The second kappa shape index (κ2) is 6.67. The maximum absolute atomic E-state index is 11.7. The quantitative estimate of drug-likeness (QED) is 0.815. The van der Waals surface area contributed by atoms with Crippen LogP contribution in [0.3, 0.4) is 0 Å². The molecule has 0 spiro atoms. The van der Waals surface area contributed by atoms with Gasteiger partial charge in [0.1, 0.15) is 5.82 Å². The molecule has 0 radical (unpaired) electrons. The van der Waals surface area contributed by atoms with Crippen LogP contribution in [0.25, 0.3) is 0 Å². The summed E-state index contributed by atoms with van der Waals surface area (Å²) in [6, 6.07) is 1.39. The van der Waals surface area contributed by atoms with Crippen molar-refractivity contribution in [2.75, 3.05) is 13.6 Å². The van der Waals surface area contributed by atoms with Gasteiger partial charge in [0.2, 0.25) is 0 Å². The van der Waals surface area contributed by atoms with Crippen molar-refractivity contribution in [2.24, 2.45) is 5.92 Å². The van der Waals surface area contributed by atoms with Crippen LogP contribution in [-0.4, -0.2) is 45.6 Å². The maximum atomic E-state index is 11.7. The summed E-state index contributed by atoms with van der Waals surface area (Å²) in [6.07, 6.45) is 1.63. The third-order valence-electron chi connectivity index (χ3n) is 2.57. The number of aliphatic carboxylic acids is 1. The average molecular weight is 266 g/mol. The highest BCUT2D eigenvalue weighted by Gasteiger charge is 2.17. The predicted octanol–water partition coefficient (Wildman–Crippen LogP) is 0.647. The van der Waals surface area contributed by atoms with E-state index in [1.165, 1.54) is 4.90 Å². The molecule has 7 heteroatoms. The number of aryl methyl sites for hydroxylation is 1. The first-order chi connectivity index (χ1) is 8.90. The Bertz CT molecular complexity index is 464. The number of carbonyl (C=O) groups excluding carboxylic acids is 1. The van der Waals surface area contributed by atoms with Crippen LogP contribution >= 0.6 is 0 Å². The number of urea groups is 1. The summed E-state index contributed by atoms with van der Waals surface area (Å²) in [4.78, 5) is 31.9. The predicted molar refractivity (Wildman–Crippen MR) is 68.4 cm³/mol. The lowest BCUT2D eigenvalue weighted by Crippen LogP contribution is -2.40. The highest BCUT2D eigenvalue weighted by Crippen LogP contribution is 1.99. The first-order valence-corrected chi connectivity index (χ1v) is 5.90. The number of nitrogens with one attached hydrogen (secondary N) is 1. The normalized spacial score (nSPS) is 11.7. The van der Waals surface area contributed by atoms with Gasteiger partial charge in [-0.25, -0.2) is 14.8 Å². The van der Waals surface area contributed by atoms with Gasteiger partial charge >= 0.3 is 12.0 Å². The fourth-order valence-electron chi connectivity index (χ4n) is 1.48. The van der Waals surface area contributed by atoms with Gasteiger partial charge in [0, 0.05) is 19.8 Å². The zero-order valence-corrected chi connectivity index (χ0v) is 11.3. The summed E-state index contributed by atoms with van der Waals surface area (Å²) in [5.74, 6) is -0.886. The minimum atomic E-state index is -0.925. The summed E-state index contributed by atoms with van der Waals surface area (Å²) in [6.45, 7) is 3.77. The van der Waals surface area contributed by atoms with Crippen LogP contribution in [0.2, 0.25) is 0 Å². The molecule has 0 saturated heterocycles. The lowest BCUT2D eigenvalue weighted by Gasteiger charge is -2.19. The maximum Gasteiger partial charge on any atom is 0.317 e. The van der Waals surface area contributed by atoms with Crippen LogP contribution in [-0.2, 0) is 11.3 Å². The van der Waals surface area contributed by atoms with Crippen molar-refractivity contribution < 1.29 is 14.7 Å². The van der Waals surface area contributed by atoms with Crippen molar-refractivity contribution in [1.29, 1.82) is 0 Å². The van der Waals surface area contributed by atoms with E-state index < -0.39 is 11.9 Å². The van der Waals surface area contributed by atoms with Crippen LogP contribution in [0, 0.1) is 12.8 Å². The molecule has 0 fully saturated rings. The van der Waals surface area contributed by atoms with Gasteiger partial charge in [-0.1, -0.05) is 6.92 Å². The van der Waals surface area contributed by atoms with E-state index in [2.05, 4.69) is 15.3 Å². The molecule has 0 aliphatic heterocycles. The molecule has 0 saturated carbocycles. The zero-order valence-electron chi connectivity index (χ0n) is 11.3. The zero-order chi connectivity index (χ0) is 14.4. The number of aromatic nitrogens is 2. The molecule has 1 atom stereocenters. The molecular formula is C12H18N4O3. The SMILES string of the molecule is Cc1nccc(CNC(=O)N(C)CC(C)C(=O)O)n1. The number of carboxylic acids is 1. The first-order valence-electron chi connectivity index (χ1n) is 5.90. The van der Waals surface area contributed by atoms with Crippen molar-refractivity contribution in [3.63, 3.8) is 0 Å². The van der Waals surface area contributed by atoms with Gasteiger partial charge in [0.15, 0.2) is 0 Å². The monoisotopic (exact) mass is 266 g/mol. The van der Waals surface area contributed by atoms with E-state index in [-0.39, 0.29) is 19.1 Å². The molecule has 2 N–H and O–H groups in total. The van der Waals surface area contributed by atoms with E-state index in [0.29, 0.717) is 11.5 Å². The third-order valence-corrected chi connectivity index (χ3v) is 2.57. The Balaban J connectivity index is 2.44. The number of rotatable bonds is 5. The first kappa shape index (κ1) is 14.9. The van der Waals surface area contributed by atoms with Gasteiger partial charge in [-0.2, -0.15) is 0 Å². The van der Waals surface area contributed by atoms with E-state index in [1.807, 2.05) is 0 Å². The molecule has 0 aliphatic rings. The number of hydrogen-bond donors (Lipinski definition) is 2. The Morgan fingerprint density at radius 3 is 2.79 bits per heavy atom. The lowest BCUT2D eigenvalue weighted by molar-refractivity contribution is -0.141. The highest BCUT2D eigenvalue weighted by atomic mass is 16.4. The van der Waals surface area contributed by atoms with Crippen molar-refractivity contribution in [2.45, 2.75) is 20.4 Å². The van der Waals surface area contributed by atoms with Crippen LogP contribution in [0.5, 0.6) is 0 Å². The molecule has 1 heterocycles. The van der Waals surface area contributed by atoms with Gasteiger partial charge < -0.3 is 15.3 Å². The van der Waals surface area contributed by atoms with E-state index in [4.69, 9.17) is 5.11 Å². The third kappa shape index (κ3) is 4.90. The number of nitrogens with zero attached hydrogens (tertiary/aromatic N) is 3. The van der Waals surface area contributed by atoms with Gasteiger partial charge in [-0.15, -0.1) is 0 Å². The Hall–Kier alpha value is -2.18. The largest absolute Gasteiger partial charge is 0.481 e. The van der Waals surface area contributed by atoms with Gasteiger partial charge in [-0.05, 0) is 13.0 Å². The number of carboxylic acid groups (broad SMARTS) is 1. The topological polar surface area (TPSA) is 95.4 Å². The molecule has 1 aromatic heterocycles. The minimum absolute atomic E-state index is 0.157. The van der Waals surface area contributed by atoms with E-state index in [9.17, 15) is 9.59 Å². The van der Waals surface area contributed by atoms with Crippen molar-refractivity contribution in [3.05, 3.63) is 23.8 Å². The Morgan fingerprint density at radius 2 is 2.21 bits per heavy atom. The molecule has 0 aliphatic carbocycles. The summed E-state index contributed by atoms with van der Waals surface area (Å²) < 4.78 is 0. The molecule has 0 bridgehead atoms. The van der Waals surface area contributed by atoms with Crippen molar-refractivity contribution in [1.82, 2.24) is 20.2 Å². The molecule has 0 aromatic carbocycles. The molecule has 2 amide bonds. The van der Waals surface area contributed by atoms with Gasteiger partial charge in [0.05, 0.1) is 18.2 Å². The Kier molecular flexibility index (Phi) is 5.23. The second-order valence-corrected chi connectivity index (χ2v) is 4.37. The van der Waals surface area contributed by atoms with E-state index in [1.54, 1.807) is 33.2 Å². The summed E-state index contributed by atoms with van der Waals surface area (Å²) in [5, 5.41) is 11.4. The number of amides is 2. The van der Waals surface area contributed by atoms with Crippen molar-refractivity contribution >= 4 is 12.0 Å². The second-order valence-electron chi connectivity index (χ2n) is 4.37. The Morgan fingerprint density at radius 1 is 1.53 bits per heavy atom. The summed E-state index contributed by atoms with van der Waals surface area (Å²) in [7, 11) is 1.56. The Labute approximate surface area is 111 Å². The number of carbonyl (C=O) groups is 2. The smallest absolute Gasteiger partial charge is 0.317 e. The fourth-order valence-corrected chi connectivity index (χ4v) is 1.48.